The van der Waals surface area contributed by atoms with E-state index < -0.39 is 17.3 Å². The van der Waals surface area contributed by atoms with E-state index >= 15 is 0 Å². The summed E-state index contributed by atoms with van der Waals surface area (Å²) in [5.74, 6) is 0.888. The number of fused-ring (bicyclic) bond motifs is 1. The average molecular weight is 568 g/mol. The van der Waals surface area contributed by atoms with E-state index in [1.54, 1.807) is 23.2 Å². The third-order valence-corrected chi connectivity index (χ3v) is 6.94. The molecule has 0 saturated carbocycles. The van der Waals surface area contributed by atoms with Gasteiger partial charge in [0.1, 0.15) is 11.4 Å². The number of piperidine rings is 1. The van der Waals surface area contributed by atoms with Crippen LogP contribution in [0, 0.1) is 0 Å². The van der Waals surface area contributed by atoms with Crippen LogP contribution >= 0.6 is 0 Å². The van der Waals surface area contributed by atoms with Crippen LogP contribution in [0.15, 0.2) is 60.8 Å². The summed E-state index contributed by atoms with van der Waals surface area (Å²) in [5.41, 5.74) is 1.73. The molecule has 1 amide bonds. The summed E-state index contributed by atoms with van der Waals surface area (Å²) in [6.07, 6.45) is -1.46. The summed E-state index contributed by atoms with van der Waals surface area (Å²) in [7, 11) is 1.41. The van der Waals surface area contributed by atoms with Gasteiger partial charge in [0.25, 0.3) is 0 Å². The molecule has 5 rings (SSSR count). The van der Waals surface area contributed by atoms with Crippen molar-refractivity contribution in [3.05, 3.63) is 71.9 Å². The van der Waals surface area contributed by atoms with E-state index in [1.165, 1.54) is 17.7 Å². The largest absolute Gasteiger partial charge is 0.496 e. The van der Waals surface area contributed by atoms with Crippen molar-refractivity contribution in [3.63, 3.8) is 0 Å². The van der Waals surface area contributed by atoms with E-state index in [1.807, 2.05) is 39.0 Å². The summed E-state index contributed by atoms with van der Waals surface area (Å²) in [4.78, 5) is 18.8. The lowest BCUT2D eigenvalue weighted by Crippen LogP contribution is -2.41. The number of nitrogens with one attached hydrogen (secondary N) is 1. The molecule has 2 aromatic heterocycles. The number of carbonyl (C=O) groups excluding carboxylic acids is 1. The predicted octanol–water partition coefficient (Wildman–Crippen LogP) is 7.28. The van der Waals surface area contributed by atoms with E-state index in [9.17, 15) is 18.0 Å². The van der Waals surface area contributed by atoms with Gasteiger partial charge in [-0.1, -0.05) is 12.1 Å². The Bertz CT molecular complexity index is 1550. The topological polar surface area (TPSA) is 81.0 Å². The molecule has 1 N–H and O–H groups in total. The van der Waals surface area contributed by atoms with Crippen molar-refractivity contribution in [2.75, 3.05) is 25.5 Å². The van der Waals surface area contributed by atoms with Gasteiger partial charge in [-0.25, -0.2) is 9.31 Å². The third-order valence-electron chi connectivity index (χ3n) is 6.94. The van der Waals surface area contributed by atoms with Gasteiger partial charge in [-0.2, -0.15) is 18.2 Å². The van der Waals surface area contributed by atoms with Crippen molar-refractivity contribution >= 4 is 23.4 Å². The van der Waals surface area contributed by atoms with Gasteiger partial charge in [0, 0.05) is 36.1 Å². The van der Waals surface area contributed by atoms with Crippen LogP contribution in [-0.2, 0) is 10.9 Å². The van der Waals surface area contributed by atoms with Crippen molar-refractivity contribution in [1.29, 1.82) is 0 Å². The van der Waals surface area contributed by atoms with Gasteiger partial charge in [-0.3, -0.25) is 0 Å². The van der Waals surface area contributed by atoms with Crippen LogP contribution in [0.1, 0.15) is 50.7 Å². The van der Waals surface area contributed by atoms with Crippen LogP contribution in [-0.4, -0.2) is 51.4 Å². The Balaban J connectivity index is 1.35. The van der Waals surface area contributed by atoms with E-state index in [4.69, 9.17) is 9.47 Å². The minimum Gasteiger partial charge on any atom is -0.496 e. The number of carbonyl (C=O) groups is 1. The number of halogens is 3. The Morgan fingerprint density at radius 2 is 1.76 bits per heavy atom. The minimum atomic E-state index is -4.50. The second-order valence-corrected chi connectivity index (χ2v) is 11.0. The van der Waals surface area contributed by atoms with Crippen LogP contribution in [0.2, 0.25) is 0 Å². The number of aromatic nitrogens is 3. The van der Waals surface area contributed by atoms with Crippen molar-refractivity contribution in [1.82, 2.24) is 19.5 Å². The van der Waals surface area contributed by atoms with Crippen molar-refractivity contribution in [2.24, 2.45) is 0 Å². The van der Waals surface area contributed by atoms with Crippen LogP contribution in [0.25, 0.3) is 16.8 Å². The maximum absolute atomic E-state index is 13.5. The molecule has 0 spiro atoms. The highest BCUT2D eigenvalue weighted by molar-refractivity contribution is 5.82. The smallest absolute Gasteiger partial charge is 0.416 e. The first-order chi connectivity index (χ1) is 19.4. The maximum atomic E-state index is 13.5. The number of nitrogens with zero attached hydrogens (tertiary/aromatic N) is 4. The van der Waals surface area contributed by atoms with Crippen LogP contribution < -0.4 is 10.1 Å². The SMILES string of the molecule is COc1ccc(C(F)(F)F)cc1-c1cccn2nc(Nc3cccc(C4CCN(C(=O)OC(C)(C)C)CC4)c3)nc12. The standard InChI is InChI=1S/C30H32F3N5O3/c1-29(2,3)41-28(39)37-15-12-19(13-16-37)20-7-5-8-22(17-20)34-27-35-26-23(9-6-14-38(26)36-27)24-18-21(30(31,32)33)10-11-25(24)40-4/h5-11,14,17-19H,12-13,15-16H2,1-4H3,(H,34,36). The summed E-state index contributed by atoms with van der Waals surface area (Å²) < 4.78 is 52.7. The molecule has 4 aromatic rings. The van der Waals surface area contributed by atoms with Gasteiger partial charge >= 0.3 is 12.3 Å². The van der Waals surface area contributed by atoms with Gasteiger partial charge in [0.2, 0.25) is 5.95 Å². The van der Waals surface area contributed by atoms with Crippen LogP contribution in [0.5, 0.6) is 5.75 Å². The van der Waals surface area contributed by atoms with Crippen molar-refractivity contribution < 1.29 is 27.4 Å². The number of ether oxygens (including phenoxy) is 2. The molecular weight excluding hydrogens is 535 g/mol. The van der Waals surface area contributed by atoms with Crippen LogP contribution in [0.3, 0.4) is 0 Å². The number of anilines is 2. The summed E-state index contributed by atoms with van der Waals surface area (Å²) in [6, 6.07) is 14.7. The Labute approximate surface area is 236 Å². The van der Waals surface area contributed by atoms with Crippen LogP contribution in [0.4, 0.5) is 29.6 Å². The molecule has 1 aliphatic heterocycles. The number of benzene rings is 2. The molecule has 216 valence electrons. The molecule has 0 atom stereocenters. The molecule has 0 bridgehead atoms. The number of amides is 1. The zero-order valence-corrected chi connectivity index (χ0v) is 23.3. The second-order valence-electron chi connectivity index (χ2n) is 11.0. The highest BCUT2D eigenvalue weighted by atomic mass is 19.4. The van der Waals surface area contributed by atoms with E-state index in [-0.39, 0.29) is 17.6 Å². The molecule has 0 aliphatic carbocycles. The first kappa shape index (κ1) is 28.3. The highest BCUT2D eigenvalue weighted by Crippen LogP contribution is 2.38. The number of pyridine rings is 1. The number of rotatable bonds is 5. The highest BCUT2D eigenvalue weighted by Gasteiger charge is 2.32. The lowest BCUT2D eigenvalue weighted by Gasteiger charge is -2.33. The first-order valence-electron chi connectivity index (χ1n) is 13.4. The molecule has 1 fully saturated rings. The van der Waals surface area contributed by atoms with Gasteiger partial charge in [-0.05, 0) is 87.6 Å². The first-order valence-corrected chi connectivity index (χ1v) is 13.4. The summed E-state index contributed by atoms with van der Waals surface area (Å²) in [6.45, 7) is 6.81. The fraction of sp³-hybridized carbons (Fsp3) is 0.367. The molecule has 41 heavy (non-hydrogen) atoms. The fourth-order valence-electron chi connectivity index (χ4n) is 4.99. The monoisotopic (exact) mass is 567 g/mol. The zero-order chi connectivity index (χ0) is 29.4. The minimum absolute atomic E-state index is 0.270. The fourth-order valence-corrected chi connectivity index (χ4v) is 4.99. The lowest BCUT2D eigenvalue weighted by molar-refractivity contribution is -0.137. The van der Waals surface area contributed by atoms with E-state index in [0.29, 0.717) is 36.0 Å². The molecule has 0 unspecified atom stereocenters. The Morgan fingerprint density at radius 1 is 1.00 bits per heavy atom. The second kappa shape index (κ2) is 10.9. The number of alkyl halides is 3. The Hall–Kier alpha value is -4.28. The molecule has 0 radical (unpaired) electrons. The Morgan fingerprint density at radius 3 is 2.44 bits per heavy atom. The molecular formula is C30H32F3N5O3. The number of methoxy groups -OCH3 is 1. The van der Waals surface area contributed by atoms with Gasteiger partial charge in [-0.15, -0.1) is 5.10 Å². The number of likely N-dealkylation sites (tertiary alicyclic amines) is 1. The van der Waals surface area contributed by atoms with E-state index in [0.717, 1.165) is 36.2 Å². The molecule has 1 saturated heterocycles. The van der Waals surface area contributed by atoms with Gasteiger partial charge in [0.05, 0.1) is 12.7 Å². The molecule has 11 heteroatoms. The number of hydrogen-bond donors (Lipinski definition) is 1. The number of hydrogen-bond acceptors (Lipinski definition) is 6. The average Bonchev–Trinajstić information content (AvgIpc) is 3.34. The third kappa shape index (κ3) is 6.39. The maximum Gasteiger partial charge on any atom is 0.416 e. The van der Waals surface area contributed by atoms with Gasteiger partial charge < -0.3 is 19.7 Å². The van der Waals surface area contributed by atoms with E-state index in [2.05, 4.69) is 21.5 Å². The van der Waals surface area contributed by atoms with Crippen molar-refractivity contribution in [2.45, 2.75) is 51.3 Å². The van der Waals surface area contributed by atoms with Crippen molar-refractivity contribution in [3.8, 4) is 16.9 Å². The molecule has 1 aliphatic rings. The molecule has 8 nitrogen and oxygen atoms in total. The van der Waals surface area contributed by atoms with Gasteiger partial charge in [0.15, 0.2) is 5.65 Å². The lowest BCUT2D eigenvalue weighted by atomic mass is 9.89. The summed E-state index contributed by atoms with van der Waals surface area (Å²) in [5, 5.41) is 7.72. The zero-order valence-electron chi connectivity index (χ0n) is 23.3. The normalized spacial score (nSPS) is 14.8. The quantitative estimate of drug-likeness (QED) is 0.273. The molecule has 2 aromatic carbocycles. The summed E-state index contributed by atoms with van der Waals surface area (Å²) >= 11 is 0. The molecule has 3 heterocycles. The predicted molar refractivity (Wildman–Crippen MR) is 149 cm³/mol. The Kier molecular flexibility index (Phi) is 7.54.